The minimum atomic E-state index is -1.09. The Hall–Kier alpha value is -2.34. The van der Waals surface area contributed by atoms with E-state index in [1.54, 1.807) is 25.3 Å². The Kier molecular flexibility index (Phi) is 3.76. The second-order valence-electron chi connectivity index (χ2n) is 4.40. The number of nitrogens with one attached hydrogen (secondary N) is 1. The molecule has 0 spiro atoms. The van der Waals surface area contributed by atoms with Crippen LogP contribution >= 0.6 is 11.3 Å². The number of benzene rings is 1. The number of phenolic OH excluding ortho intramolecular Hbond substituents is 1. The normalized spacial score (nSPS) is 10.3. The summed E-state index contributed by atoms with van der Waals surface area (Å²) in [6.07, 6.45) is 0. The highest BCUT2D eigenvalue weighted by atomic mass is 32.1. The quantitative estimate of drug-likeness (QED) is 0.811. The summed E-state index contributed by atoms with van der Waals surface area (Å²) in [6, 6.07) is 4.68. The molecule has 0 bridgehead atoms. The van der Waals surface area contributed by atoms with Crippen LogP contribution in [0.15, 0.2) is 23.6 Å². The first-order valence-electron chi connectivity index (χ1n) is 5.82. The average Bonchev–Trinajstić information content (AvgIpc) is 2.71. The van der Waals surface area contributed by atoms with Crippen LogP contribution in [0.25, 0.3) is 0 Å². The van der Waals surface area contributed by atoms with Crippen molar-refractivity contribution in [3.8, 4) is 5.75 Å². The van der Waals surface area contributed by atoms with Gasteiger partial charge in [-0.3, -0.25) is 4.79 Å². The standard InChI is InChI=1S/C14H13NO4S/c1-7-3-4-9(10(16)5-7)13(17)15-11-8(2)6-20-12(11)14(18)19/h3-6,16H,1-2H3,(H,15,17)(H,18,19). The SMILES string of the molecule is Cc1ccc(C(=O)Nc2c(C)csc2C(=O)O)c(O)c1. The summed E-state index contributed by atoms with van der Waals surface area (Å²) < 4.78 is 0. The van der Waals surface area contributed by atoms with Gasteiger partial charge < -0.3 is 15.5 Å². The van der Waals surface area contributed by atoms with Crippen LogP contribution in [0.4, 0.5) is 5.69 Å². The van der Waals surface area contributed by atoms with Gasteiger partial charge in [0, 0.05) is 0 Å². The molecule has 0 aliphatic heterocycles. The van der Waals surface area contributed by atoms with Crippen LogP contribution in [0.1, 0.15) is 31.2 Å². The zero-order valence-corrected chi connectivity index (χ0v) is 11.7. The fourth-order valence-corrected chi connectivity index (χ4v) is 2.61. The first-order valence-corrected chi connectivity index (χ1v) is 6.70. The van der Waals surface area contributed by atoms with E-state index in [1.165, 1.54) is 12.1 Å². The van der Waals surface area contributed by atoms with Gasteiger partial charge in [0.15, 0.2) is 0 Å². The van der Waals surface area contributed by atoms with Crippen molar-refractivity contribution in [1.29, 1.82) is 0 Å². The molecular formula is C14H13NO4S. The number of hydrogen-bond donors (Lipinski definition) is 3. The Labute approximate surface area is 119 Å². The van der Waals surface area contributed by atoms with Crippen LogP contribution in [0.3, 0.4) is 0 Å². The van der Waals surface area contributed by atoms with Gasteiger partial charge in [0.05, 0.1) is 11.3 Å². The number of phenols is 1. The molecule has 6 heteroatoms. The number of carbonyl (C=O) groups is 2. The highest BCUT2D eigenvalue weighted by molar-refractivity contribution is 7.12. The van der Waals surface area contributed by atoms with E-state index >= 15 is 0 Å². The maximum Gasteiger partial charge on any atom is 0.348 e. The Morgan fingerprint density at radius 3 is 2.55 bits per heavy atom. The van der Waals surface area contributed by atoms with Crippen LogP contribution in [-0.4, -0.2) is 22.1 Å². The lowest BCUT2D eigenvalue weighted by Gasteiger charge is -2.08. The van der Waals surface area contributed by atoms with Gasteiger partial charge >= 0.3 is 5.97 Å². The third kappa shape index (κ3) is 2.65. The topological polar surface area (TPSA) is 86.6 Å². The lowest BCUT2D eigenvalue weighted by molar-refractivity contribution is 0.0703. The number of carboxylic acids is 1. The molecule has 1 aromatic heterocycles. The number of aryl methyl sites for hydroxylation is 2. The van der Waals surface area contributed by atoms with Gasteiger partial charge in [-0.1, -0.05) is 6.07 Å². The first kappa shape index (κ1) is 14.1. The summed E-state index contributed by atoms with van der Waals surface area (Å²) in [5.41, 5.74) is 1.88. The van der Waals surface area contributed by atoms with Gasteiger partial charge in [0.1, 0.15) is 10.6 Å². The number of thiophene rings is 1. The van der Waals surface area contributed by atoms with Gasteiger partial charge in [0.2, 0.25) is 0 Å². The predicted molar refractivity (Wildman–Crippen MR) is 76.8 cm³/mol. The molecular weight excluding hydrogens is 278 g/mol. The van der Waals surface area contributed by atoms with Crippen molar-refractivity contribution in [3.63, 3.8) is 0 Å². The van der Waals surface area contributed by atoms with Gasteiger partial charge in [-0.25, -0.2) is 4.79 Å². The minimum absolute atomic E-state index is 0.0717. The number of amides is 1. The summed E-state index contributed by atoms with van der Waals surface area (Å²) in [5.74, 6) is -1.76. The number of carbonyl (C=O) groups excluding carboxylic acids is 1. The van der Waals surface area contributed by atoms with Crippen molar-refractivity contribution in [2.75, 3.05) is 5.32 Å². The number of hydrogen-bond acceptors (Lipinski definition) is 4. The maximum atomic E-state index is 12.1. The van der Waals surface area contributed by atoms with Crippen molar-refractivity contribution in [2.24, 2.45) is 0 Å². The molecule has 2 aromatic rings. The van der Waals surface area contributed by atoms with Crippen molar-refractivity contribution in [2.45, 2.75) is 13.8 Å². The monoisotopic (exact) mass is 291 g/mol. The summed E-state index contributed by atoms with van der Waals surface area (Å²) in [7, 11) is 0. The molecule has 0 aliphatic carbocycles. The summed E-state index contributed by atoms with van der Waals surface area (Å²) in [5, 5.41) is 23.0. The molecule has 0 radical (unpaired) electrons. The van der Waals surface area contributed by atoms with Crippen molar-refractivity contribution in [1.82, 2.24) is 0 Å². The number of anilines is 1. The largest absolute Gasteiger partial charge is 0.507 e. The van der Waals surface area contributed by atoms with Crippen LogP contribution in [0.5, 0.6) is 5.75 Å². The molecule has 2 rings (SSSR count). The summed E-state index contributed by atoms with van der Waals surface area (Å²) >= 11 is 1.05. The lowest BCUT2D eigenvalue weighted by atomic mass is 10.1. The first-order chi connectivity index (χ1) is 9.40. The fraction of sp³-hybridized carbons (Fsp3) is 0.143. The van der Waals surface area contributed by atoms with E-state index in [1.807, 2.05) is 0 Å². The minimum Gasteiger partial charge on any atom is -0.507 e. The van der Waals surface area contributed by atoms with Gasteiger partial charge in [-0.05, 0) is 42.5 Å². The second-order valence-corrected chi connectivity index (χ2v) is 5.28. The molecule has 0 saturated heterocycles. The number of carboxylic acid groups (broad SMARTS) is 1. The molecule has 1 amide bonds. The average molecular weight is 291 g/mol. The van der Waals surface area contributed by atoms with Crippen LogP contribution in [0.2, 0.25) is 0 Å². The zero-order valence-electron chi connectivity index (χ0n) is 10.9. The predicted octanol–water partition coefficient (Wildman–Crippen LogP) is 3.02. The van der Waals surface area contributed by atoms with Crippen molar-refractivity contribution < 1.29 is 19.8 Å². The molecule has 1 aromatic carbocycles. The molecule has 3 N–H and O–H groups in total. The second kappa shape index (κ2) is 5.34. The smallest absolute Gasteiger partial charge is 0.348 e. The van der Waals surface area contributed by atoms with Crippen LogP contribution in [0, 0.1) is 13.8 Å². The Morgan fingerprint density at radius 2 is 1.95 bits per heavy atom. The molecule has 1 heterocycles. The molecule has 0 unspecified atom stereocenters. The van der Waals surface area contributed by atoms with E-state index in [0.29, 0.717) is 5.56 Å². The summed E-state index contributed by atoms with van der Waals surface area (Å²) in [6.45, 7) is 3.51. The van der Waals surface area contributed by atoms with E-state index in [2.05, 4.69) is 5.32 Å². The maximum absolute atomic E-state index is 12.1. The summed E-state index contributed by atoms with van der Waals surface area (Å²) in [4.78, 5) is 23.3. The third-order valence-corrected chi connectivity index (χ3v) is 3.89. The lowest BCUT2D eigenvalue weighted by Crippen LogP contribution is -2.14. The Balaban J connectivity index is 2.33. The van der Waals surface area contributed by atoms with Crippen LogP contribution in [-0.2, 0) is 0 Å². The van der Waals surface area contributed by atoms with Crippen molar-refractivity contribution >= 4 is 28.9 Å². The number of rotatable bonds is 3. The van der Waals surface area contributed by atoms with E-state index in [0.717, 1.165) is 16.9 Å². The molecule has 0 saturated carbocycles. The molecule has 0 aliphatic rings. The van der Waals surface area contributed by atoms with E-state index in [-0.39, 0.29) is 21.9 Å². The molecule has 5 nitrogen and oxygen atoms in total. The highest BCUT2D eigenvalue weighted by Gasteiger charge is 2.19. The van der Waals surface area contributed by atoms with Gasteiger partial charge in [-0.15, -0.1) is 11.3 Å². The molecule has 0 fully saturated rings. The Bertz CT molecular complexity index is 690. The molecule has 104 valence electrons. The van der Waals surface area contributed by atoms with Gasteiger partial charge in [-0.2, -0.15) is 0 Å². The Morgan fingerprint density at radius 1 is 1.25 bits per heavy atom. The van der Waals surface area contributed by atoms with Gasteiger partial charge in [0.25, 0.3) is 5.91 Å². The van der Waals surface area contributed by atoms with Crippen LogP contribution < -0.4 is 5.32 Å². The highest BCUT2D eigenvalue weighted by Crippen LogP contribution is 2.29. The molecule has 0 atom stereocenters. The number of aromatic carboxylic acids is 1. The molecule has 20 heavy (non-hydrogen) atoms. The third-order valence-electron chi connectivity index (χ3n) is 2.81. The zero-order chi connectivity index (χ0) is 14.9. The van der Waals surface area contributed by atoms with Crippen molar-refractivity contribution in [3.05, 3.63) is 45.1 Å². The van der Waals surface area contributed by atoms with E-state index in [9.17, 15) is 14.7 Å². The number of aromatic hydroxyl groups is 1. The van der Waals surface area contributed by atoms with E-state index < -0.39 is 11.9 Å². The van der Waals surface area contributed by atoms with E-state index in [4.69, 9.17) is 5.11 Å². The fourth-order valence-electron chi connectivity index (χ4n) is 1.77.